The molecule has 6 nitrogen and oxygen atoms in total. The quantitative estimate of drug-likeness (QED) is 0.329. The average Bonchev–Trinajstić information content (AvgIpc) is 3.09. The number of alkyl halides is 2. The van der Waals surface area contributed by atoms with Crippen molar-refractivity contribution >= 4 is 35.6 Å². The Balaban J connectivity index is 0.00000364. The molecule has 1 aliphatic heterocycles. The Bertz CT molecular complexity index is 591. The number of hydrogen-bond donors (Lipinski definition) is 2. The fourth-order valence-electron chi connectivity index (χ4n) is 2.92. The molecule has 2 rings (SSSR count). The maximum absolute atomic E-state index is 12.6. The van der Waals surface area contributed by atoms with Crippen LogP contribution in [0.5, 0.6) is 5.75 Å². The minimum Gasteiger partial charge on any atom is -0.433 e. The number of benzene rings is 1. The molecule has 1 aromatic rings. The highest BCUT2D eigenvalue weighted by Crippen LogP contribution is 2.31. The molecular formula is C18H30F2IN5O. The standard InChI is InChI=1S/C18H29F2N5O.HI/c1-4-24(3)12-10-22-18(21-2)23-14-9-11-25(13-14)15-7-5-6-8-16(15)26-17(19)20;/h5-8,14,17H,4,9-13H2,1-3H3,(H2,21,22,23);1H. The van der Waals surface area contributed by atoms with Gasteiger partial charge in [0.05, 0.1) is 5.69 Å². The van der Waals surface area contributed by atoms with E-state index in [4.69, 9.17) is 0 Å². The number of nitrogens with one attached hydrogen (secondary N) is 2. The molecule has 1 atom stereocenters. The van der Waals surface area contributed by atoms with Gasteiger partial charge in [-0.25, -0.2) is 0 Å². The second kappa shape index (κ2) is 12.2. The zero-order valence-corrected chi connectivity index (χ0v) is 18.5. The van der Waals surface area contributed by atoms with Crippen molar-refractivity contribution in [2.24, 2.45) is 4.99 Å². The minimum absolute atomic E-state index is 0. The molecule has 1 fully saturated rings. The number of hydrogen-bond acceptors (Lipinski definition) is 4. The lowest BCUT2D eigenvalue weighted by atomic mass is 10.2. The second-order valence-corrected chi connectivity index (χ2v) is 6.32. The number of para-hydroxylation sites is 2. The second-order valence-electron chi connectivity index (χ2n) is 6.32. The highest BCUT2D eigenvalue weighted by molar-refractivity contribution is 14.0. The monoisotopic (exact) mass is 497 g/mol. The van der Waals surface area contributed by atoms with Gasteiger partial charge in [0.2, 0.25) is 0 Å². The van der Waals surface area contributed by atoms with Crippen LogP contribution in [0, 0.1) is 0 Å². The maximum atomic E-state index is 12.6. The summed E-state index contributed by atoms with van der Waals surface area (Å²) in [7, 11) is 3.82. The molecule has 0 radical (unpaired) electrons. The zero-order valence-electron chi connectivity index (χ0n) is 16.1. The Labute approximate surface area is 177 Å². The third kappa shape index (κ3) is 7.65. The van der Waals surface area contributed by atoms with E-state index < -0.39 is 6.61 Å². The third-order valence-electron chi connectivity index (χ3n) is 4.50. The van der Waals surface area contributed by atoms with Crippen molar-refractivity contribution in [1.29, 1.82) is 0 Å². The van der Waals surface area contributed by atoms with Crippen LogP contribution in [-0.2, 0) is 0 Å². The Morgan fingerprint density at radius 1 is 1.41 bits per heavy atom. The number of guanidine groups is 1. The van der Waals surface area contributed by atoms with E-state index in [0.717, 1.165) is 38.6 Å². The smallest absolute Gasteiger partial charge is 0.387 e. The van der Waals surface area contributed by atoms with Gasteiger partial charge >= 0.3 is 6.61 Å². The molecule has 2 N–H and O–H groups in total. The van der Waals surface area contributed by atoms with Crippen molar-refractivity contribution in [3.05, 3.63) is 24.3 Å². The normalized spacial score (nSPS) is 17.2. The fourth-order valence-corrected chi connectivity index (χ4v) is 2.92. The summed E-state index contributed by atoms with van der Waals surface area (Å²) < 4.78 is 29.8. The molecule has 0 aromatic heterocycles. The molecule has 1 aliphatic rings. The summed E-state index contributed by atoms with van der Waals surface area (Å²) in [6.45, 7) is 3.53. The van der Waals surface area contributed by atoms with Crippen molar-refractivity contribution in [3.8, 4) is 5.75 Å². The molecular weight excluding hydrogens is 467 g/mol. The van der Waals surface area contributed by atoms with E-state index in [1.807, 2.05) is 12.1 Å². The molecule has 1 saturated heterocycles. The minimum atomic E-state index is -2.82. The topological polar surface area (TPSA) is 52.1 Å². The van der Waals surface area contributed by atoms with Gasteiger partial charge in [-0.2, -0.15) is 8.78 Å². The first-order chi connectivity index (χ1) is 12.5. The predicted molar refractivity (Wildman–Crippen MR) is 117 cm³/mol. The average molecular weight is 497 g/mol. The van der Waals surface area contributed by atoms with E-state index in [-0.39, 0.29) is 35.8 Å². The van der Waals surface area contributed by atoms with Gasteiger partial charge < -0.3 is 25.2 Å². The van der Waals surface area contributed by atoms with Gasteiger partial charge in [-0.15, -0.1) is 24.0 Å². The molecule has 1 heterocycles. The fraction of sp³-hybridized carbons (Fsp3) is 0.611. The Kier molecular flexibility index (Phi) is 10.7. The third-order valence-corrected chi connectivity index (χ3v) is 4.50. The number of rotatable bonds is 8. The van der Waals surface area contributed by atoms with Gasteiger partial charge in [0.1, 0.15) is 5.75 Å². The first-order valence-corrected chi connectivity index (χ1v) is 8.98. The van der Waals surface area contributed by atoms with Gasteiger partial charge in [-0.1, -0.05) is 19.1 Å². The molecule has 0 amide bonds. The molecule has 0 bridgehead atoms. The molecule has 0 saturated carbocycles. The van der Waals surface area contributed by atoms with E-state index in [0.29, 0.717) is 12.2 Å². The van der Waals surface area contributed by atoms with Crippen LogP contribution in [0.2, 0.25) is 0 Å². The number of nitrogens with zero attached hydrogens (tertiary/aromatic N) is 3. The van der Waals surface area contributed by atoms with Crippen LogP contribution < -0.4 is 20.3 Å². The van der Waals surface area contributed by atoms with Gasteiger partial charge in [-0.3, -0.25) is 4.99 Å². The van der Waals surface area contributed by atoms with Crippen LogP contribution in [-0.4, -0.2) is 70.3 Å². The number of halogens is 3. The van der Waals surface area contributed by atoms with Gasteiger partial charge in [0, 0.05) is 39.3 Å². The van der Waals surface area contributed by atoms with Crippen LogP contribution in [0.25, 0.3) is 0 Å². The van der Waals surface area contributed by atoms with Crippen molar-refractivity contribution in [2.75, 3.05) is 51.7 Å². The first kappa shape index (κ1) is 23.7. The summed E-state index contributed by atoms with van der Waals surface area (Å²) in [4.78, 5) is 8.55. The van der Waals surface area contributed by atoms with E-state index >= 15 is 0 Å². The molecule has 9 heteroatoms. The molecule has 0 aliphatic carbocycles. The van der Waals surface area contributed by atoms with E-state index in [1.54, 1.807) is 19.2 Å². The molecule has 154 valence electrons. The zero-order chi connectivity index (χ0) is 18.9. The highest BCUT2D eigenvalue weighted by Gasteiger charge is 2.25. The Hall–Kier alpha value is -1.36. The van der Waals surface area contributed by atoms with Crippen molar-refractivity contribution in [3.63, 3.8) is 0 Å². The van der Waals surface area contributed by atoms with Crippen LogP contribution in [0.15, 0.2) is 29.3 Å². The van der Waals surface area contributed by atoms with E-state index in [2.05, 4.69) is 44.1 Å². The van der Waals surface area contributed by atoms with Crippen LogP contribution in [0.4, 0.5) is 14.5 Å². The molecule has 0 spiro atoms. The molecule has 27 heavy (non-hydrogen) atoms. The van der Waals surface area contributed by atoms with Crippen LogP contribution in [0.1, 0.15) is 13.3 Å². The molecule has 1 unspecified atom stereocenters. The lowest BCUT2D eigenvalue weighted by Gasteiger charge is -2.23. The summed E-state index contributed by atoms with van der Waals surface area (Å²) in [6, 6.07) is 7.12. The van der Waals surface area contributed by atoms with Gasteiger partial charge in [0.25, 0.3) is 0 Å². The lowest BCUT2D eigenvalue weighted by Crippen LogP contribution is -2.46. The van der Waals surface area contributed by atoms with Crippen molar-refractivity contribution in [2.45, 2.75) is 26.0 Å². The van der Waals surface area contributed by atoms with E-state index in [9.17, 15) is 8.78 Å². The number of aliphatic imine (C=N–C) groups is 1. The lowest BCUT2D eigenvalue weighted by molar-refractivity contribution is -0.0495. The van der Waals surface area contributed by atoms with Crippen LogP contribution in [0.3, 0.4) is 0 Å². The van der Waals surface area contributed by atoms with Crippen molar-refractivity contribution in [1.82, 2.24) is 15.5 Å². The SMILES string of the molecule is CCN(C)CCNC(=NC)NC1CCN(c2ccccc2OC(F)F)C1.I. The number of likely N-dealkylation sites (N-methyl/N-ethyl adjacent to an activating group) is 1. The first-order valence-electron chi connectivity index (χ1n) is 8.98. The number of ether oxygens (including phenoxy) is 1. The highest BCUT2D eigenvalue weighted by atomic mass is 127. The summed E-state index contributed by atoms with van der Waals surface area (Å²) in [5.74, 6) is 0.978. The summed E-state index contributed by atoms with van der Waals surface area (Å²) in [5, 5.41) is 6.72. The van der Waals surface area contributed by atoms with Gasteiger partial charge in [-0.05, 0) is 32.1 Å². The predicted octanol–water partition coefficient (Wildman–Crippen LogP) is 2.60. The summed E-state index contributed by atoms with van der Waals surface area (Å²) in [5.41, 5.74) is 0.699. The maximum Gasteiger partial charge on any atom is 0.387 e. The Morgan fingerprint density at radius 3 is 2.81 bits per heavy atom. The van der Waals surface area contributed by atoms with E-state index in [1.165, 1.54) is 0 Å². The van der Waals surface area contributed by atoms with Crippen molar-refractivity contribution < 1.29 is 13.5 Å². The van der Waals surface area contributed by atoms with Gasteiger partial charge in [0.15, 0.2) is 5.96 Å². The Morgan fingerprint density at radius 2 is 2.15 bits per heavy atom. The van der Waals surface area contributed by atoms with Crippen LogP contribution >= 0.6 is 24.0 Å². The summed E-state index contributed by atoms with van der Waals surface area (Å²) >= 11 is 0. The largest absolute Gasteiger partial charge is 0.433 e. The number of anilines is 1. The summed E-state index contributed by atoms with van der Waals surface area (Å²) in [6.07, 6.45) is 0.901. The molecule has 1 aromatic carbocycles.